The Kier molecular flexibility index (Phi) is 22.8. The summed E-state index contributed by atoms with van der Waals surface area (Å²) >= 11 is 0. The Morgan fingerprint density at radius 1 is 0.320 bits per heavy atom. The van der Waals surface area contributed by atoms with Gasteiger partial charge in [0.05, 0.1) is 26.4 Å². The first-order valence-electron chi connectivity index (χ1n) is 39.7. The van der Waals surface area contributed by atoms with Gasteiger partial charge in [-0.15, -0.1) is 13.2 Å². The molecule has 18 rings (SSSR count). The zero-order valence-electron chi connectivity index (χ0n) is 59.1. The van der Waals surface area contributed by atoms with E-state index in [-0.39, 0.29) is 36.5 Å². The van der Waals surface area contributed by atoms with E-state index in [4.69, 9.17) is 85.3 Å². The van der Waals surface area contributed by atoms with Crippen molar-refractivity contribution in [3.63, 3.8) is 0 Å². The molecule has 0 aromatic carbocycles. The molecule has 19 atom stereocenters. The Balaban J connectivity index is 0.000000108. The molecule has 10 saturated heterocycles. The third-order valence-electron chi connectivity index (χ3n) is 25.5. The van der Waals surface area contributed by atoms with Crippen LogP contribution in [0.15, 0.2) is 25.3 Å². The molecule has 24 nitrogen and oxygen atoms in total. The van der Waals surface area contributed by atoms with Crippen LogP contribution in [0.5, 0.6) is 0 Å². The second kappa shape index (κ2) is 31.0. The second-order valence-corrected chi connectivity index (χ2v) is 32.6. The van der Waals surface area contributed by atoms with Crippen molar-refractivity contribution in [2.75, 3.05) is 26.4 Å². The fourth-order valence-electron chi connectivity index (χ4n) is 20.1. The van der Waals surface area contributed by atoms with E-state index in [1.54, 1.807) is 0 Å². The number of esters is 1. The lowest BCUT2D eigenvalue weighted by Gasteiger charge is -2.35. The lowest BCUT2D eigenvalue weighted by molar-refractivity contribution is -0.260. The number of rotatable bonds is 10. The normalized spacial score (nSPS) is 41.6. The molecule has 9 unspecified atom stereocenters. The molecule has 8 saturated carbocycles. The minimum Gasteiger partial charge on any atom is -0.455 e. The van der Waals surface area contributed by atoms with E-state index in [2.05, 4.69) is 13.2 Å². The van der Waals surface area contributed by atoms with Crippen molar-refractivity contribution in [3.8, 4) is 0 Å². The van der Waals surface area contributed by atoms with Crippen LogP contribution >= 0.6 is 0 Å². The predicted octanol–water partition coefficient (Wildman–Crippen LogP) is 9.48. The van der Waals surface area contributed by atoms with Gasteiger partial charge in [0.15, 0.2) is 64.8 Å². The van der Waals surface area contributed by atoms with E-state index < -0.39 is 132 Å². The summed E-state index contributed by atoms with van der Waals surface area (Å²) in [7, 11) is 0. The molecule has 8 aliphatic carbocycles. The Hall–Kier alpha value is -1.93. The summed E-state index contributed by atoms with van der Waals surface area (Å²) in [6.07, 6.45) is 33.3. The highest BCUT2D eigenvalue weighted by atomic mass is 16.8. The first-order chi connectivity index (χ1) is 48.5. The Morgan fingerprint density at radius 3 is 1.00 bits per heavy atom. The molecule has 0 aromatic rings. The Morgan fingerprint density at radius 2 is 0.620 bits per heavy atom. The molecule has 24 heteroatoms. The third-order valence-corrected chi connectivity index (χ3v) is 25.5. The summed E-state index contributed by atoms with van der Waals surface area (Å²) in [6, 6.07) is 0. The molecule has 18 fully saturated rings. The molecular formula is C76H118O24. The molecule has 18 aliphatic rings. The summed E-state index contributed by atoms with van der Waals surface area (Å²) in [5, 5.41) is 53.1. The van der Waals surface area contributed by atoms with Crippen molar-refractivity contribution in [2.24, 2.45) is 0 Å². The molecular weight excluding hydrogens is 1300 g/mol. The number of cyclic esters (lactones) is 1. The van der Waals surface area contributed by atoms with Gasteiger partial charge in [-0.25, -0.2) is 4.79 Å². The largest absolute Gasteiger partial charge is 0.455 e. The average molecular weight is 1420 g/mol. The first kappa shape index (κ1) is 73.6. The van der Waals surface area contributed by atoms with Crippen LogP contribution in [0.4, 0.5) is 0 Å². The number of hydrogen-bond donors (Lipinski definition) is 5. The highest BCUT2D eigenvalue weighted by Crippen LogP contribution is 2.53. The maximum Gasteiger partial charge on any atom is 0.338 e. The average Bonchev–Trinajstić information content (AvgIpc) is 1.60. The Labute approximate surface area is 590 Å². The van der Waals surface area contributed by atoms with Crippen molar-refractivity contribution < 1.29 is 116 Å². The van der Waals surface area contributed by atoms with Gasteiger partial charge < -0.3 is 111 Å². The third kappa shape index (κ3) is 15.3. The number of carbonyl (C=O) groups is 1. The number of fused-ring (bicyclic) bond motifs is 2. The van der Waals surface area contributed by atoms with Gasteiger partial charge in [-0.2, -0.15) is 0 Å². The maximum atomic E-state index is 12.3. The zero-order valence-corrected chi connectivity index (χ0v) is 59.1. The van der Waals surface area contributed by atoms with E-state index >= 15 is 0 Å². The van der Waals surface area contributed by atoms with Crippen LogP contribution in [-0.2, 0) is 90.1 Å². The molecule has 8 spiro atoms. The number of aliphatic hydroxyl groups excluding tert-OH is 5. The highest BCUT2D eigenvalue weighted by Gasteiger charge is 2.65. The molecule has 10 heterocycles. The number of hydrogen-bond acceptors (Lipinski definition) is 24. The van der Waals surface area contributed by atoms with Gasteiger partial charge in [-0.1, -0.05) is 63.5 Å². The van der Waals surface area contributed by atoms with Crippen LogP contribution in [0, 0.1) is 0 Å². The van der Waals surface area contributed by atoms with Crippen LogP contribution in [-0.4, -0.2) is 220 Å². The SMILES string of the molecule is C=C[C@H](O)[C@@H]1OC2(CCCCC2)OC1[C@@H](O)C1COC2(CCCCC2)O1.C=C[C@H](O)[C@@H]1OC2(CCCCC2)OC1[C@@H](O)C1COC2(CCCCC2)O1.O=C1O[C@@H](C2COC3(CCCCC3)O2)C2OC3(CCCCC3)O[C@@H]12.OC1O[C@@H](C2COC3(CCCCC3)O2)C2OC3(CCCCC3)O[C@@H]12. The molecule has 0 aromatic heterocycles. The smallest absolute Gasteiger partial charge is 0.338 e. The van der Waals surface area contributed by atoms with Gasteiger partial charge in [-0.05, 0) is 103 Å². The monoisotopic (exact) mass is 1410 g/mol. The minimum atomic E-state index is -0.937. The predicted molar refractivity (Wildman–Crippen MR) is 354 cm³/mol. The Bertz CT molecular complexity index is 2600. The first-order valence-corrected chi connectivity index (χ1v) is 39.7. The van der Waals surface area contributed by atoms with Crippen molar-refractivity contribution in [3.05, 3.63) is 25.3 Å². The van der Waals surface area contributed by atoms with Crippen LogP contribution in [0.2, 0.25) is 0 Å². The van der Waals surface area contributed by atoms with E-state index in [1.807, 2.05) is 0 Å². The van der Waals surface area contributed by atoms with Crippen molar-refractivity contribution in [1.82, 2.24) is 0 Å². The molecule has 0 amide bonds. The molecule has 0 bridgehead atoms. The number of ether oxygens (including phenoxy) is 18. The van der Waals surface area contributed by atoms with Crippen LogP contribution in [0.1, 0.15) is 257 Å². The van der Waals surface area contributed by atoms with Crippen molar-refractivity contribution in [2.45, 2.75) is 419 Å². The molecule has 100 heavy (non-hydrogen) atoms. The van der Waals surface area contributed by atoms with E-state index in [9.17, 15) is 30.3 Å². The topological polar surface area (TPSA) is 284 Å². The lowest BCUT2D eigenvalue weighted by Crippen LogP contribution is -2.48. The fourth-order valence-corrected chi connectivity index (χ4v) is 20.1. The minimum absolute atomic E-state index is 0.185. The van der Waals surface area contributed by atoms with E-state index in [0.29, 0.717) is 26.4 Å². The van der Waals surface area contributed by atoms with Crippen molar-refractivity contribution in [1.29, 1.82) is 0 Å². The van der Waals surface area contributed by atoms with E-state index in [1.165, 1.54) is 63.5 Å². The van der Waals surface area contributed by atoms with Crippen molar-refractivity contribution >= 4 is 5.97 Å². The van der Waals surface area contributed by atoms with Gasteiger partial charge in [0.2, 0.25) is 0 Å². The number of carbonyl (C=O) groups excluding carboxylic acids is 1. The lowest BCUT2D eigenvalue weighted by atomic mass is 9.94. The zero-order chi connectivity index (χ0) is 68.8. The standard InChI is InChI=1S/2C20H32O6.C18H28O6.C18H26O6/c2*1-2-14(21)17-18(26-20(25-17)11-7-4-8-12-20)16(22)15-13-23-19(24-15)9-5-3-6-10-19;2*19-16-15-14(23-18(24-15)9-5-2-6-10-18)13(21-16)12-11-20-17(22-12)7-3-1-4-8-17/h2*2,14-18,21-22H,1,3-13H2;12-16,19H,1-11H2;12-15H,1-11H2/t2*14-,15?,16-,17-,18?;12?,13-,14?,15+,16?;12?,13-,14?,15+/m0000/s1. The van der Waals surface area contributed by atoms with Crippen LogP contribution in [0.3, 0.4) is 0 Å². The van der Waals surface area contributed by atoms with Gasteiger partial charge in [0, 0.05) is 103 Å². The summed E-state index contributed by atoms with van der Waals surface area (Å²) in [5.41, 5.74) is 0. The molecule has 5 N–H and O–H groups in total. The van der Waals surface area contributed by atoms with Gasteiger partial charge in [0.1, 0.15) is 97.7 Å². The highest BCUT2D eigenvalue weighted by molar-refractivity contribution is 5.78. The summed E-state index contributed by atoms with van der Waals surface area (Å²) in [6.45, 7) is 9.04. The number of aliphatic hydroxyl groups is 5. The van der Waals surface area contributed by atoms with Gasteiger partial charge in [-0.3, -0.25) is 0 Å². The molecule has 566 valence electrons. The van der Waals surface area contributed by atoms with Gasteiger partial charge >= 0.3 is 5.97 Å². The maximum absolute atomic E-state index is 12.3. The van der Waals surface area contributed by atoms with Gasteiger partial charge in [0.25, 0.3) is 0 Å². The quantitative estimate of drug-likeness (QED) is 0.100. The molecule has 10 aliphatic heterocycles. The fraction of sp³-hybridized carbons (Fsp3) is 0.934. The van der Waals surface area contributed by atoms with Crippen LogP contribution in [0.25, 0.3) is 0 Å². The summed E-state index contributed by atoms with van der Waals surface area (Å²) in [5.74, 6) is -4.77. The van der Waals surface area contributed by atoms with E-state index in [0.717, 1.165) is 205 Å². The summed E-state index contributed by atoms with van der Waals surface area (Å²) in [4.78, 5) is 12.3. The second-order valence-electron chi connectivity index (χ2n) is 32.6. The summed E-state index contributed by atoms with van der Waals surface area (Å²) < 4.78 is 110. The molecule has 0 radical (unpaired) electrons. The van der Waals surface area contributed by atoms with Crippen LogP contribution < -0.4 is 0 Å².